The molecule has 5 heteroatoms. The average Bonchev–Trinajstić information content (AvgIpc) is 2.71. The standard InChI is InChI=1S/C13H13ClN2OS/c1-9-12(10-5-3-2-4-6-10)16-13(18-9)15-11(17)7-8-14/h2-6H,7-8H2,1H3,(H,15,16,17). The second-order valence-corrected chi connectivity index (χ2v) is 5.36. The largest absolute Gasteiger partial charge is 0.302 e. The molecule has 18 heavy (non-hydrogen) atoms. The van der Waals surface area contributed by atoms with Crippen molar-refractivity contribution in [1.29, 1.82) is 0 Å². The molecule has 0 atom stereocenters. The summed E-state index contributed by atoms with van der Waals surface area (Å²) in [5.41, 5.74) is 1.98. The van der Waals surface area contributed by atoms with Crippen LogP contribution in [0.3, 0.4) is 0 Å². The van der Waals surface area contributed by atoms with Gasteiger partial charge in [0.05, 0.1) is 5.69 Å². The lowest BCUT2D eigenvalue weighted by Crippen LogP contribution is -2.11. The van der Waals surface area contributed by atoms with Crippen LogP contribution in [0.25, 0.3) is 11.3 Å². The summed E-state index contributed by atoms with van der Waals surface area (Å²) < 4.78 is 0. The molecule has 1 aromatic heterocycles. The normalized spacial score (nSPS) is 10.3. The number of nitrogens with zero attached hydrogens (tertiary/aromatic N) is 1. The number of nitrogens with one attached hydrogen (secondary N) is 1. The fourth-order valence-corrected chi connectivity index (χ4v) is 2.60. The first-order valence-electron chi connectivity index (χ1n) is 5.59. The van der Waals surface area contributed by atoms with E-state index in [0.29, 0.717) is 17.4 Å². The molecular formula is C13H13ClN2OS. The number of alkyl halides is 1. The summed E-state index contributed by atoms with van der Waals surface area (Å²) in [6.45, 7) is 2.00. The summed E-state index contributed by atoms with van der Waals surface area (Å²) in [5.74, 6) is 0.222. The Labute approximate surface area is 115 Å². The number of anilines is 1. The lowest BCUT2D eigenvalue weighted by atomic mass is 10.1. The SMILES string of the molecule is Cc1sc(NC(=O)CCCl)nc1-c1ccccc1. The molecule has 0 radical (unpaired) electrons. The topological polar surface area (TPSA) is 42.0 Å². The molecule has 0 unspecified atom stereocenters. The van der Waals surface area contributed by atoms with Crippen LogP contribution in [0.15, 0.2) is 30.3 Å². The third-order valence-electron chi connectivity index (χ3n) is 2.41. The molecule has 0 saturated heterocycles. The monoisotopic (exact) mass is 280 g/mol. The van der Waals surface area contributed by atoms with Crippen LogP contribution in [0.5, 0.6) is 0 Å². The van der Waals surface area contributed by atoms with Crippen molar-refractivity contribution < 1.29 is 4.79 Å². The number of halogens is 1. The van der Waals surface area contributed by atoms with Gasteiger partial charge >= 0.3 is 0 Å². The van der Waals surface area contributed by atoms with Gasteiger partial charge in [0, 0.05) is 22.7 Å². The van der Waals surface area contributed by atoms with Gasteiger partial charge in [0.1, 0.15) is 0 Å². The van der Waals surface area contributed by atoms with E-state index >= 15 is 0 Å². The van der Waals surface area contributed by atoms with E-state index in [1.807, 2.05) is 37.3 Å². The molecule has 1 amide bonds. The van der Waals surface area contributed by atoms with Gasteiger partial charge in [-0.3, -0.25) is 4.79 Å². The van der Waals surface area contributed by atoms with E-state index in [9.17, 15) is 4.79 Å². The number of amides is 1. The lowest BCUT2D eigenvalue weighted by molar-refractivity contribution is -0.115. The summed E-state index contributed by atoms with van der Waals surface area (Å²) in [5, 5.41) is 3.38. The van der Waals surface area contributed by atoms with Crippen molar-refractivity contribution in [3.05, 3.63) is 35.2 Å². The molecule has 2 aromatic rings. The van der Waals surface area contributed by atoms with Crippen molar-refractivity contribution in [2.45, 2.75) is 13.3 Å². The maximum Gasteiger partial charge on any atom is 0.227 e. The second-order valence-electron chi connectivity index (χ2n) is 3.78. The van der Waals surface area contributed by atoms with Crippen molar-refractivity contribution >= 4 is 34.0 Å². The first kappa shape index (κ1) is 13.1. The summed E-state index contributed by atoms with van der Waals surface area (Å²) in [6.07, 6.45) is 0.306. The third-order valence-corrected chi connectivity index (χ3v) is 3.49. The van der Waals surface area contributed by atoms with Crippen molar-refractivity contribution in [1.82, 2.24) is 4.98 Å². The Balaban J connectivity index is 2.20. The Morgan fingerprint density at radius 3 is 2.78 bits per heavy atom. The van der Waals surface area contributed by atoms with E-state index in [-0.39, 0.29) is 5.91 Å². The van der Waals surface area contributed by atoms with Crippen molar-refractivity contribution in [3.63, 3.8) is 0 Å². The molecule has 3 nitrogen and oxygen atoms in total. The number of thiazole rings is 1. The van der Waals surface area contributed by atoms with Crippen LogP contribution < -0.4 is 5.32 Å². The molecule has 1 heterocycles. The van der Waals surface area contributed by atoms with Crippen LogP contribution in [0.2, 0.25) is 0 Å². The Morgan fingerprint density at radius 1 is 1.39 bits per heavy atom. The van der Waals surface area contributed by atoms with Gasteiger partial charge in [-0.2, -0.15) is 0 Å². The van der Waals surface area contributed by atoms with Gasteiger partial charge in [-0.1, -0.05) is 30.3 Å². The predicted octanol–water partition coefficient (Wildman–Crippen LogP) is 3.69. The molecule has 0 spiro atoms. The fourth-order valence-electron chi connectivity index (χ4n) is 1.58. The van der Waals surface area contributed by atoms with Crippen LogP contribution in [-0.2, 0) is 4.79 Å². The first-order valence-corrected chi connectivity index (χ1v) is 6.94. The molecule has 0 saturated carbocycles. The summed E-state index contributed by atoms with van der Waals surface area (Å²) in [4.78, 5) is 17.0. The highest BCUT2D eigenvalue weighted by atomic mass is 35.5. The third kappa shape index (κ3) is 3.09. The number of benzene rings is 1. The molecule has 1 N–H and O–H groups in total. The maximum absolute atomic E-state index is 11.4. The summed E-state index contributed by atoms with van der Waals surface area (Å²) in [7, 11) is 0. The van der Waals surface area contributed by atoms with E-state index in [4.69, 9.17) is 11.6 Å². The van der Waals surface area contributed by atoms with Gasteiger partial charge in [-0.05, 0) is 6.92 Å². The smallest absolute Gasteiger partial charge is 0.227 e. The molecule has 0 aliphatic carbocycles. The number of rotatable bonds is 4. The van der Waals surface area contributed by atoms with Crippen molar-refractivity contribution in [2.75, 3.05) is 11.2 Å². The number of carbonyl (C=O) groups excluding carboxylic acids is 1. The van der Waals surface area contributed by atoms with E-state index < -0.39 is 0 Å². The number of aromatic nitrogens is 1. The molecule has 0 bridgehead atoms. The van der Waals surface area contributed by atoms with Crippen LogP contribution in [-0.4, -0.2) is 16.8 Å². The molecular weight excluding hydrogens is 268 g/mol. The molecule has 0 aliphatic rings. The molecule has 94 valence electrons. The average molecular weight is 281 g/mol. The highest BCUT2D eigenvalue weighted by Crippen LogP contribution is 2.30. The molecule has 0 aliphatic heterocycles. The molecule has 2 rings (SSSR count). The zero-order chi connectivity index (χ0) is 13.0. The van der Waals surface area contributed by atoms with Crippen LogP contribution in [0.4, 0.5) is 5.13 Å². The first-order chi connectivity index (χ1) is 8.70. The van der Waals surface area contributed by atoms with Crippen molar-refractivity contribution in [2.24, 2.45) is 0 Å². The van der Waals surface area contributed by atoms with Gasteiger partial charge in [0.15, 0.2) is 5.13 Å². The van der Waals surface area contributed by atoms with Crippen LogP contribution in [0.1, 0.15) is 11.3 Å². The number of hydrogen-bond donors (Lipinski definition) is 1. The molecule has 0 fully saturated rings. The van der Waals surface area contributed by atoms with E-state index in [0.717, 1.165) is 16.1 Å². The van der Waals surface area contributed by atoms with Gasteiger partial charge in [0.2, 0.25) is 5.91 Å². The van der Waals surface area contributed by atoms with E-state index in [1.165, 1.54) is 11.3 Å². The minimum atomic E-state index is -0.0987. The quantitative estimate of drug-likeness (QED) is 0.868. The highest BCUT2D eigenvalue weighted by Gasteiger charge is 2.11. The zero-order valence-electron chi connectivity index (χ0n) is 9.94. The second kappa shape index (κ2) is 5.98. The fraction of sp³-hybridized carbons (Fsp3) is 0.231. The van der Waals surface area contributed by atoms with Crippen molar-refractivity contribution in [3.8, 4) is 11.3 Å². The minimum absolute atomic E-state index is 0.0987. The Hall–Kier alpha value is -1.39. The summed E-state index contributed by atoms with van der Waals surface area (Å²) >= 11 is 6.99. The number of carbonyl (C=O) groups is 1. The van der Waals surface area contributed by atoms with Gasteiger partial charge in [0.25, 0.3) is 0 Å². The predicted molar refractivity (Wildman–Crippen MR) is 76.3 cm³/mol. The van der Waals surface area contributed by atoms with E-state index in [1.54, 1.807) is 0 Å². The summed E-state index contributed by atoms with van der Waals surface area (Å²) in [6, 6.07) is 9.92. The van der Waals surface area contributed by atoms with Crippen LogP contribution >= 0.6 is 22.9 Å². The Bertz CT molecular complexity index is 539. The maximum atomic E-state index is 11.4. The lowest BCUT2D eigenvalue weighted by Gasteiger charge is -1.98. The van der Waals surface area contributed by atoms with Gasteiger partial charge in [-0.25, -0.2) is 4.98 Å². The van der Waals surface area contributed by atoms with Gasteiger partial charge in [-0.15, -0.1) is 22.9 Å². The van der Waals surface area contributed by atoms with E-state index in [2.05, 4.69) is 10.3 Å². The Morgan fingerprint density at radius 2 is 2.11 bits per heavy atom. The zero-order valence-corrected chi connectivity index (χ0v) is 11.5. The van der Waals surface area contributed by atoms with Gasteiger partial charge < -0.3 is 5.32 Å². The number of hydrogen-bond acceptors (Lipinski definition) is 3. The minimum Gasteiger partial charge on any atom is -0.302 e. The Kier molecular flexibility index (Phi) is 4.33. The number of aryl methyl sites for hydroxylation is 1. The molecule has 1 aromatic carbocycles. The highest BCUT2D eigenvalue weighted by molar-refractivity contribution is 7.16. The van der Waals surface area contributed by atoms with Crippen LogP contribution in [0, 0.1) is 6.92 Å².